The summed E-state index contributed by atoms with van der Waals surface area (Å²) in [5.41, 5.74) is 5.88. The summed E-state index contributed by atoms with van der Waals surface area (Å²) in [4.78, 5) is 12.9. The predicted octanol–water partition coefficient (Wildman–Crippen LogP) is 5.03. The van der Waals surface area contributed by atoms with Crippen LogP contribution in [-0.2, 0) is 6.54 Å². The summed E-state index contributed by atoms with van der Waals surface area (Å²) in [5, 5.41) is 2.99. The number of nitrogens with one attached hydrogen (secondary N) is 1. The zero-order valence-corrected chi connectivity index (χ0v) is 19.1. The van der Waals surface area contributed by atoms with Crippen LogP contribution in [0.15, 0.2) is 42.5 Å². The Hall–Kier alpha value is -2.71. The molecule has 0 aliphatic rings. The fourth-order valence-electron chi connectivity index (χ4n) is 3.18. The molecule has 0 unspecified atom stereocenters. The third kappa shape index (κ3) is 5.88. The van der Waals surface area contributed by atoms with Gasteiger partial charge >= 0.3 is 0 Å². The molecule has 0 saturated carbocycles. The van der Waals surface area contributed by atoms with Gasteiger partial charge in [0.25, 0.3) is 5.91 Å². The molecule has 0 saturated heterocycles. The normalized spacial score (nSPS) is 10.7. The SMILES string of the molecule is CC[Si](C#Cc1ccc(OC)cc1C(=O)NCc1ccc(OC)cc1)(CC)CC. The standard InChI is InChI=1S/C24H31NO3Si/c1-6-29(7-2,8-3)16-15-20-11-14-22(28-5)17-23(20)24(26)25-18-19-9-12-21(27-4)13-10-19/h9-14,17H,6-8,18H2,1-5H3,(H,25,26). The van der Waals surface area contributed by atoms with Crippen molar-refractivity contribution in [1.29, 1.82) is 0 Å². The number of methoxy groups -OCH3 is 2. The molecule has 2 aromatic rings. The van der Waals surface area contributed by atoms with Crippen molar-refractivity contribution < 1.29 is 14.3 Å². The summed E-state index contributed by atoms with van der Waals surface area (Å²) in [6, 6.07) is 16.5. The van der Waals surface area contributed by atoms with E-state index >= 15 is 0 Å². The van der Waals surface area contributed by atoms with E-state index in [-0.39, 0.29) is 5.91 Å². The zero-order chi connectivity index (χ0) is 21.3. The smallest absolute Gasteiger partial charge is 0.252 e. The Balaban J connectivity index is 2.26. The summed E-state index contributed by atoms with van der Waals surface area (Å²) in [5.74, 6) is 4.62. The largest absolute Gasteiger partial charge is 0.497 e. The molecule has 4 nitrogen and oxygen atoms in total. The van der Waals surface area contributed by atoms with Crippen LogP contribution >= 0.6 is 0 Å². The van der Waals surface area contributed by atoms with Crippen molar-refractivity contribution >= 4 is 14.0 Å². The van der Waals surface area contributed by atoms with Crippen LogP contribution in [-0.4, -0.2) is 28.2 Å². The summed E-state index contributed by atoms with van der Waals surface area (Å²) < 4.78 is 10.5. The summed E-state index contributed by atoms with van der Waals surface area (Å²) >= 11 is 0. The highest BCUT2D eigenvalue weighted by atomic mass is 28.3. The fourth-order valence-corrected chi connectivity index (χ4v) is 5.61. The first kappa shape index (κ1) is 22.6. The molecule has 2 rings (SSSR count). The van der Waals surface area contributed by atoms with Crippen LogP contribution in [0.25, 0.3) is 0 Å². The van der Waals surface area contributed by atoms with Gasteiger partial charge in [-0.25, -0.2) is 0 Å². The Morgan fingerprint density at radius 1 is 0.931 bits per heavy atom. The Morgan fingerprint density at radius 3 is 2.07 bits per heavy atom. The van der Waals surface area contributed by atoms with E-state index in [2.05, 4.69) is 37.6 Å². The van der Waals surface area contributed by atoms with Gasteiger partial charge in [0.1, 0.15) is 19.6 Å². The van der Waals surface area contributed by atoms with Crippen molar-refractivity contribution in [2.45, 2.75) is 45.4 Å². The number of rotatable bonds is 8. The Morgan fingerprint density at radius 2 is 1.52 bits per heavy atom. The number of hydrogen-bond acceptors (Lipinski definition) is 3. The maximum atomic E-state index is 12.9. The van der Waals surface area contributed by atoms with Gasteiger partial charge in [-0.3, -0.25) is 4.79 Å². The number of ether oxygens (including phenoxy) is 2. The van der Waals surface area contributed by atoms with E-state index < -0.39 is 8.07 Å². The highest BCUT2D eigenvalue weighted by Crippen LogP contribution is 2.21. The van der Waals surface area contributed by atoms with E-state index in [9.17, 15) is 4.79 Å². The van der Waals surface area contributed by atoms with Gasteiger partial charge in [-0.1, -0.05) is 38.8 Å². The lowest BCUT2D eigenvalue weighted by molar-refractivity contribution is 0.0950. The fraction of sp³-hybridized carbons (Fsp3) is 0.375. The summed E-state index contributed by atoms with van der Waals surface area (Å²) in [6.07, 6.45) is 0. The minimum Gasteiger partial charge on any atom is -0.497 e. The molecule has 0 aliphatic carbocycles. The van der Waals surface area contributed by atoms with E-state index in [1.54, 1.807) is 20.3 Å². The Kier molecular flexibility index (Phi) is 8.35. The highest BCUT2D eigenvalue weighted by molar-refractivity contribution is 6.87. The van der Waals surface area contributed by atoms with Crippen LogP contribution in [0.1, 0.15) is 42.3 Å². The summed E-state index contributed by atoms with van der Waals surface area (Å²) in [7, 11) is 1.64. The van der Waals surface area contributed by atoms with Gasteiger partial charge in [0.2, 0.25) is 0 Å². The number of hydrogen-bond donors (Lipinski definition) is 1. The van der Waals surface area contributed by atoms with Gasteiger partial charge in [0.15, 0.2) is 0 Å². The maximum absolute atomic E-state index is 12.9. The lowest BCUT2D eigenvalue weighted by Crippen LogP contribution is -2.29. The van der Waals surface area contributed by atoms with Crippen molar-refractivity contribution in [3.8, 4) is 23.0 Å². The average Bonchev–Trinajstić information content (AvgIpc) is 2.79. The molecule has 5 heteroatoms. The van der Waals surface area contributed by atoms with Crippen LogP contribution in [0.4, 0.5) is 0 Å². The van der Waals surface area contributed by atoms with Gasteiger partial charge in [-0.15, -0.1) is 5.54 Å². The maximum Gasteiger partial charge on any atom is 0.252 e. The first-order valence-corrected chi connectivity index (χ1v) is 12.7. The first-order chi connectivity index (χ1) is 14.0. The molecule has 2 aromatic carbocycles. The third-order valence-electron chi connectivity index (χ3n) is 5.58. The second-order valence-corrected chi connectivity index (χ2v) is 12.0. The first-order valence-electron chi connectivity index (χ1n) is 10.1. The number of benzene rings is 2. The topological polar surface area (TPSA) is 47.6 Å². The van der Waals surface area contributed by atoms with E-state index in [1.807, 2.05) is 36.4 Å². The average molecular weight is 410 g/mol. The zero-order valence-electron chi connectivity index (χ0n) is 18.1. The number of carbonyl (C=O) groups excluding carboxylic acids is 1. The Bertz CT molecular complexity index is 869. The van der Waals surface area contributed by atoms with Crippen molar-refractivity contribution in [1.82, 2.24) is 5.32 Å². The van der Waals surface area contributed by atoms with Crippen LogP contribution in [0, 0.1) is 11.5 Å². The molecular formula is C24H31NO3Si. The van der Waals surface area contributed by atoms with Crippen LogP contribution in [0.2, 0.25) is 18.1 Å². The lowest BCUT2D eigenvalue weighted by atomic mass is 10.1. The van der Waals surface area contributed by atoms with Crippen LogP contribution < -0.4 is 14.8 Å². The second-order valence-electron chi connectivity index (χ2n) is 7.03. The minimum atomic E-state index is -1.60. The quantitative estimate of drug-likeness (QED) is 0.491. The molecule has 1 amide bonds. The van der Waals surface area contributed by atoms with Crippen molar-refractivity contribution in [2.75, 3.05) is 14.2 Å². The van der Waals surface area contributed by atoms with Crippen molar-refractivity contribution in [2.24, 2.45) is 0 Å². The van der Waals surface area contributed by atoms with Gasteiger partial charge in [0, 0.05) is 12.1 Å². The molecule has 29 heavy (non-hydrogen) atoms. The van der Waals surface area contributed by atoms with Crippen LogP contribution in [0.3, 0.4) is 0 Å². The van der Waals surface area contributed by atoms with E-state index in [4.69, 9.17) is 9.47 Å². The highest BCUT2D eigenvalue weighted by Gasteiger charge is 2.24. The Labute approximate surface area is 175 Å². The molecule has 0 radical (unpaired) electrons. The van der Waals surface area contributed by atoms with E-state index in [1.165, 1.54) is 0 Å². The molecule has 0 aromatic heterocycles. The number of carbonyl (C=O) groups is 1. The van der Waals surface area contributed by atoms with E-state index in [0.717, 1.165) is 35.0 Å². The molecule has 0 bridgehead atoms. The van der Waals surface area contributed by atoms with Crippen LogP contribution in [0.5, 0.6) is 11.5 Å². The summed E-state index contributed by atoms with van der Waals surface area (Å²) in [6.45, 7) is 7.11. The van der Waals surface area contributed by atoms with Crippen molar-refractivity contribution in [3.05, 3.63) is 59.2 Å². The van der Waals surface area contributed by atoms with Gasteiger partial charge in [-0.2, -0.15) is 0 Å². The third-order valence-corrected chi connectivity index (χ3v) is 10.3. The predicted molar refractivity (Wildman–Crippen MR) is 121 cm³/mol. The molecule has 154 valence electrons. The number of amides is 1. The van der Waals surface area contributed by atoms with Gasteiger partial charge < -0.3 is 14.8 Å². The van der Waals surface area contributed by atoms with Crippen molar-refractivity contribution in [3.63, 3.8) is 0 Å². The van der Waals surface area contributed by atoms with Gasteiger partial charge in [0.05, 0.1) is 19.8 Å². The second kappa shape index (κ2) is 10.7. The monoisotopic (exact) mass is 409 g/mol. The molecule has 0 heterocycles. The molecule has 1 N–H and O–H groups in total. The molecule has 0 spiro atoms. The molecule has 0 aliphatic heterocycles. The van der Waals surface area contributed by atoms with Gasteiger partial charge in [-0.05, 0) is 54.0 Å². The minimum absolute atomic E-state index is 0.152. The lowest BCUT2D eigenvalue weighted by Gasteiger charge is -2.20. The molecular weight excluding hydrogens is 378 g/mol. The van der Waals surface area contributed by atoms with E-state index in [0.29, 0.717) is 17.9 Å². The molecule has 0 atom stereocenters. The molecule has 0 fully saturated rings.